The van der Waals surface area contributed by atoms with Crippen LogP contribution < -0.4 is 9.47 Å². The third-order valence-corrected chi connectivity index (χ3v) is 10.6. The molecule has 0 spiro atoms. The first-order valence-electron chi connectivity index (χ1n) is 18.6. The molecule has 6 aromatic rings. The number of phenols is 13. The van der Waals surface area contributed by atoms with Gasteiger partial charge in [-0.3, -0.25) is 0 Å². The van der Waals surface area contributed by atoms with Crippen molar-refractivity contribution in [3.05, 3.63) is 124 Å². The Hall–Kier alpha value is -8.74. The Bertz CT molecular complexity index is 2790. The first-order chi connectivity index (χ1) is 29.9. The quantitative estimate of drug-likeness (QED) is 0.0719. The molecule has 19 heteroatoms. The van der Waals surface area contributed by atoms with Crippen LogP contribution in [-0.4, -0.2) is 90.5 Å². The van der Waals surface area contributed by atoms with Crippen LogP contribution in [0.5, 0.6) is 86.2 Å². The molecule has 0 fully saturated rings. The van der Waals surface area contributed by atoms with Crippen molar-refractivity contribution >= 4 is 11.9 Å². The summed E-state index contributed by atoms with van der Waals surface area (Å²) in [7, 11) is 0. The Morgan fingerprint density at radius 2 is 1.03 bits per heavy atom. The Morgan fingerprint density at radius 3 is 1.62 bits per heavy atom. The van der Waals surface area contributed by atoms with Gasteiger partial charge in [0.15, 0.2) is 64.3 Å². The van der Waals surface area contributed by atoms with Gasteiger partial charge in [-0.2, -0.15) is 0 Å². The lowest BCUT2D eigenvalue weighted by atomic mass is 9.77. The highest BCUT2D eigenvalue weighted by Gasteiger charge is 2.49. The summed E-state index contributed by atoms with van der Waals surface area (Å²) in [5.74, 6) is -13.9. The van der Waals surface area contributed by atoms with Crippen molar-refractivity contribution in [3.8, 4) is 86.2 Å². The summed E-state index contributed by atoms with van der Waals surface area (Å²) in [6, 6.07) is 14.9. The van der Waals surface area contributed by atoms with E-state index in [1.807, 2.05) is 0 Å². The van der Waals surface area contributed by atoms with E-state index in [4.69, 9.17) is 18.9 Å². The van der Waals surface area contributed by atoms with Crippen molar-refractivity contribution in [2.45, 2.75) is 36.8 Å². The number of aromatic hydroxyl groups is 13. The minimum Gasteiger partial charge on any atom is -0.508 e. The van der Waals surface area contributed by atoms with Gasteiger partial charge in [0.1, 0.15) is 46.4 Å². The number of fused-ring (bicyclic) bond motifs is 2. The lowest BCUT2D eigenvalue weighted by Crippen LogP contribution is -2.40. The van der Waals surface area contributed by atoms with Crippen LogP contribution in [0.2, 0.25) is 0 Å². The van der Waals surface area contributed by atoms with Crippen molar-refractivity contribution < 1.29 is 94.9 Å². The lowest BCUT2D eigenvalue weighted by molar-refractivity contribution is -0.0302. The average Bonchev–Trinajstić information content (AvgIpc) is 3.23. The number of carbonyl (C=O) groups excluding carboxylic acids is 2. The molecule has 324 valence electrons. The summed E-state index contributed by atoms with van der Waals surface area (Å²) in [5, 5.41) is 137. The van der Waals surface area contributed by atoms with E-state index in [9.17, 15) is 76.0 Å². The molecule has 2 heterocycles. The van der Waals surface area contributed by atoms with Crippen molar-refractivity contribution in [1.29, 1.82) is 0 Å². The van der Waals surface area contributed by atoms with Gasteiger partial charge in [0.25, 0.3) is 0 Å². The van der Waals surface area contributed by atoms with Gasteiger partial charge in [-0.1, -0.05) is 18.2 Å². The minimum atomic E-state index is -1.73. The molecular formula is C44H34O19. The maximum atomic E-state index is 14.0. The molecule has 19 nitrogen and oxygen atoms in total. The molecule has 2 aliphatic heterocycles. The number of rotatable bonds is 7. The predicted molar refractivity (Wildman–Crippen MR) is 211 cm³/mol. The average molecular weight is 867 g/mol. The molecule has 5 atom stereocenters. The highest BCUT2D eigenvalue weighted by Crippen LogP contribution is 2.58. The van der Waals surface area contributed by atoms with Crippen LogP contribution in [0, 0.1) is 0 Å². The van der Waals surface area contributed by atoms with Gasteiger partial charge >= 0.3 is 11.9 Å². The monoisotopic (exact) mass is 866 g/mol. The van der Waals surface area contributed by atoms with E-state index in [0.29, 0.717) is 0 Å². The Balaban J connectivity index is 1.33. The van der Waals surface area contributed by atoms with Crippen molar-refractivity contribution in [1.82, 2.24) is 0 Å². The SMILES string of the molecule is O=C(O[C@@H]1[C@@H](c2c(O)cc(O)c3c2O[C@H](c2ccc(O)c(O)c2)[C@H](OC(=O)c2cc(O)c(O)c(O)c2)C3)c2c(O)cc(O)cc2O[C@@H]1c1ccc(O)cc1)c1cc(O)c(O)c(O)c1. The predicted octanol–water partition coefficient (Wildman–Crippen LogP) is 5.25. The molecule has 0 aromatic heterocycles. The number of phenolic OH excluding ortho intramolecular Hbond substituents is 13. The zero-order chi connectivity index (χ0) is 45.2. The molecule has 8 rings (SSSR count). The number of hydrogen-bond acceptors (Lipinski definition) is 19. The zero-order valence-electron chi connectivity index (χ0n) is 31.9. The van der Waals surface area contributed by atoms with Crippen LogP contribution >= 0.6 is 0 Å². The molecule has 0 saturated carbocycles. The van der Waals surface area contributed by atoms with Crippen molar-refractivity contribution in [2.24, 2.45) is 0 Å². The second kappa shape index (κ2) is 15.4. The molecule has 2 aliphatic rings. The molecular weight excluding hydrogens is 832 g/mol. The molecule has 6 aromatic carbocycles. The third kappa shape index (κ3) is 7.32. The first kappa shape index (κ1) is 41.0. The van der Waals surface area contributed by atoms with Crippen molar-refractivity contribution in [2.75, 3.05) is 0 Å². The number of ether oxygens (including phenoxy) is 4. The number of esters is 2. The van der Waals surface area contributed by atoms with E-state index in [0.717, 1.165) is 54.6 Å². The number of carbonyl (C=O) groups is 2. The molecule has 0 saturated heterocycles. The molecule has 0 bridgehead atoms. The lowest BCUT2D eigenvalue weighted by Gasteiger charge is -2.42. The Kier molecular flexibility index (Phi) is 10.0. The van der Waals surface area contributed by atoms with Gasteiger partial charge in [0.05, 0.1) is 17.0 Å². The summed E-state index contributed by atoms with van der Waals surface area (Å²) >= 11 is 0. The van der Waals surface area contributed by atoms with Crippen molar-refractivity contribution in [3.63, 3.8) is 0 Å². The normalized spacial score (nSPS) is 18.8. The van der Waals surface area contributed by atoms with Gasteiger partial charge in [0.2, 0.25) is 0 Å². The molecule has 13 N–H and O–H groups in total. The highest BCUT2D eigenvalue weighted by molar-refractivity contribution is 5.92. The molecule has 0 amide bonds. The fraction of sp³-hybridized carbons (Fsp3) is 0.136. The topological polar surface area (TPSA) is 334 Å². The number of hydrogen-bond donors (Lipinski definition) is 13. The van der Waals surface area contributed by atoms with Crippen LogP contribution in [0.25, 0.3) is 0 Å². The van der Waals surface area contributed by atoms with E-state index in [1.165, 1.54) is 30.3 Å². The second-order valence-corrected chi connectivity index (χ2v) is 14.7. The Labute approximate surface area is 353 Å². The summed E-state index contributed by atoms with van der Waals surface area (Å²) in [6.45, 7) is 0. The summed E-state index contributed by atoms with van der Waals surface area (Å²) < 4.78 is 24.7. The van der Waals surface area contributed by atoms with E-state index in [-0.39, 0.29) is 45.1 Å². The fourth-order valence-corrected chi connectivity index (χ4v) is 7.69. The van der Waals surface area contributed by atoms with Gasteiger partial charge in [0, 0.05) is 46.9 Å². The highest BCUT2D eigenvalue weighted by atomic mass is 16.6. The summed E-state index contributed by atoms with van der Waals surface area (Å²) in [4.78, 5) is 27.6. The summed E-state index contributed by atoms with van der Waals surface area (Å²) in [6.07, 6.45) is -6.60. The minimum absolute atomic E-state index is 0.0379. The van der Waals surface area contributed by atoms with E-state index >= 15 is 0 Å². The summed E-state index contributed by atoms with van der Waals surface area (Å²) in [5.41, 5.74) is -1.36. The maximum absolute atomic E-state index is 14.0. The van der Waals surface area contributed by atoms with Crippen LogP contribution in [-0.2, 0) is 15.9 Å². The first-order valence-corrected chi connectivity index (χ1v) is 18.6. The molecule has 63 heavy (non-hydrogen) atoms. The van der Waals surface area contributed by atoms with Gasteiger partial charge in [-0.15, -0.1) is 0 Å². The largest absolute Gasteiger partial charge is 0.508 e. The molecule has 0 unspecified atom stereocenters. The van der Waals surface area contributed by atoms with Gasteiger partial charge < -0.3 is 85.3 Å². The van der Waals surface area contributed by atoms with Crippen LogP contribution in [0.15, 0.2) is 84.9 Å². The molecule has 0 radical (unpaired) electrons. The van der Waals surface area contributed by atoms with Crippen LogP contribution in [0.4, 0.5) is 0 Å². The van der Waals surface area contributed by atoms with E-state index < -0.39 is 129 Å². The fourth-order valence-electron chi connectivity index (χ4n) is 7.69. The second-order valence-electron chi connectivity index (χ2n) is 14.7. The van der Waals surface area contributed by atoms with E-state index in [2.05, 4.69) is 0 Å². The van der Waals surface area contributed by atoms with Gasteiger partial charge in [-0.05, 0) is 54.1 Å². The Morgan fingerprint density at radius 1 is 0.476 bits per heavy atom. The zero-order valence-corrected chi connectivity index (χ0v) is 31.9. The number of benzene rings is 6. The van der Waals surface area contributed by atoms with Gasteiger partial charge in [-0.25, -0.2) is 9.59 Å². The van der Waals surface area contributed by atoms with Crippen LogP contribution in [0.1, 0.15) is 66.7 Å². The maximum Gasteiger partial charge on any atom is 0.338 e. The third-order valence-electron chi connectivity index (χ3n) is 10.6. The van der Waals surface area contributed by atoms with Crippen LogP contribution in [0.3, 0.4) is 0 Å². The smallest absolute Gasteiger partial charge is 0.338 e. The van der Waals surface area contributed by atoms with E-state index in [1.54, 1.807) is 0 Å². The standard InChI is InChI=1S/C44H34O19/c45-20-4-1-16(2-5-20)40-42(63-44(59)19-10-30(54)38(57)31(55)11-19)36(34-26(50)12-21(46)13-32(34)60-40)35-27(51)15-24(48)22-14-33(61-43(58)18-8-28(52)37(56)29(53)9-18)39(62-41(22)35)17-3-6-23(47)25(49)7-17/h1-13,15,33,36,39-40,42,45-57H,14H2/t33-,36-,39-,40-,42-/m1/s1. The molecule has 0 aliphatic carbocycles.